The van der Waals surface area contributed by atoms with Crippen molar-refractivity contribution in [1.82, 2.24) is 10.2 Å². The fourth-order valence-electron chi connectivity index (χ4n) is 2.51. The minimum atomic E-state index is 0. The largest absolute Gasteiger partial charge is 0.492 e. The molecule has 1 saturated heterocycles. The summed E-state index contributed by atoms with van der Waals surface area (Å²) in [6, 6.07) is 10.8. The van der Waals surface area contributed by atoms with E-state index < -0.39 is 0 Å². The zero-order valence-corrected chi connectivity index (χ0v) is 12.5. The van der Waals surface area contributed by atoms with Gasteiger partial charge in [0, 0.05) is 19.1 Å². The van der Waals surface area contributed by atoms with Crippen molar-refractivity contribution in [3.05, 3.63) is 30.3 Å². The number of rotatable bonds is 7. The van der Waals surface area contributed by atoms with E-state index in [1.807, 2.05) is 30.3 Å². The van der Waals surface area contributed by atoms with Gasteiger partial charge in [0.25, 0.3) is 0 Å². The molecule has 3 nitrogen and oxygen atoms in total. The average Bonchev–Trinajstić information content (AvgIpc) is 2.93. The van der Waals surface area contributed by atoms with Crippen LogP contribution in [-0.2, 0) is 0 Å². The number of halogens is 1. The number of benzene rings is 1. The van der Waals surface area contributed by atoms with Gasteiger partial charge in [-0.15, -0.1) is 12.4 Å². The Balaban J connectivity index is 0.00000180. The second-order valence-corrected chi connectivity index (χ2v) is 4.84. The maximum absolute atomic E-state index is 5.78. The van der Waals surface area contributed by atoms with E-state index >= 15 is 0 Å². The molecule has 1 heterocycles. The topological polar surface area (TPSA) is 24.5 Å². The second-order valence-electron chi connectivity index (χ2n) is 4.84. The van der Waals surface area contributed by atoms with Gasteiger partial charge >= 0.3 is 0 Å². The Bertz CT molecular complexity index is 328. The Morgan fingerprint density at radius 1 is 1.26 bits per heavy atom. The normalized spacial score (nSPS) is 18.3. The lowest BCUT2D eigenvalue weighted by Crippen LogP contribution is -2.40. The first kappa shape index (κ1) is 16.3. The third-order valence-corrected chi connectivity index (χ3v) is 3.45. The highest BCUT2D eigenvalue weighted by atomic mass is 35.5. The van der Waals surface area contributed by atoms with Crippen LogP contribution in [0.15, 0.2) is 30.3 Å². The number of para-hydroxylation sites is 1. The van der Waals surface area contributed by atoms with Crippen LogP contribution in [0.5, 0.6) is 5.75 Å². The zero-order chi connectivity index (χ0) is 12.6. The molecule has 1 N–H and O–H groups in total. The van der Waals surface area contributed by atoms with Crippen molar-refractivity contribution < 1.29 is 4.74 Å². The Kier molecular flexibility index (Phi) is 7.87. The molecule has 1 atom stereocenters. The summed E-state index contributed by atoms with van der Waals surface area (Å²) in [6.07, 6.45) is 2.48. The SMILES string of the molecule is CCCN(CCOc1ccccc1)C1CCNC1.Cl. The summed E-state index contributed by atoms with van der Waals surface area (Å²) in [6.45, 7) is 7.50. The highest BCUT2D eigenvalue weighted by Crippen LogP contribution is 2.11. The number of hydrogen-bond acceptors (Lipinski definition) is 3. The molecule has 0 aliphatic carbocycles. The van der Waals surface area contributed by atoms with E-state index in [9.17, 15) is 0 Å². The maximum Gasteiger partial charge on any atom is 0.119 e. The van der Waals surface area contributed by atoms with Crippen molar-refractivity contribution in [2.45, 2.75) is 25.8 Å². The summed E-state index contributed by atoms with van der Waals surface area (Å²) < 4.78 is 5.78. The fourth-order valence-corrected chi connectivity index (χ4v) is 2.51. The molecule has 1 aliphatic rings. The summed E-state index contributed by atoms with van der Waals surface area (Å²) in [5.41, 5.74) is 0. The number of nitrogens with zero attached hydrogens (tertiary/aromatic N) is 1. The van der Waals surface area contributed by atoms with E-state index in [4.69, 9.17) is 4.74 Å². The Hall–Kier alpha value is -0.770. The highest BCUT2D eigenvalue weighted by Gasteiger charge is 2.21. The van der Waals surface area contributed by atoms with Crippen LogP contribution in [0.3, 0.4) is 0 Å². The van der Waals surface area contributed by atoms with Gasteiger partial charge in [-0.05, 0) is 38.1 Å². The first-order chi connectivity index (χ1) is 8.90. The lowest BCUT2D eigenvalue weighted by atomic mass is 10.2. The Morgan fingerprint density at radius 2 is 2.05 bits per heavy atom. The Labute approximate surface area is 122 Å². The van der Waals surface area contributed by atoms with Crippen molar-refractivity contribution in [3.63, 3.8) is 0 Å². The second kappa shape index (κ2) is 9.18. The molecule has 0 aromatic heterocycles. The smallest absolute Gasteiger partial charge is 0.119 e. The van der Waals surface area contributed by atoms with Crippen LogP contribution < -0.4 is 10.1 Å². The molecular weight excluding hydrogens is 260 g/mol. The van der Waals surface area contributed by atoms with Gasteiger partial charge in [-0.2, -0.15) is 0 Å². The van der Waals surface area contributed by atoms with E-state index in [2.05, 4.69) is 17.1 Å². The summed E-state index contributed by atoms with van der Waals surface area (Å²) in [7, 11) is 0. The molecule has 19 heavy (non-hydrogen) atoms. The first-order valence-electron chi connectivity index (χ1n) is 7.02. The summed E-state index contributed by atoms with van der Waals surface area (Å²) in [4.78, 5) is 2.56. The molecule has 0 spiro atoms. The summed E-state index contributed by atoms with van der Waals surface area (Å²) in [5, 5.41) is 3.44. The van der Waals surface area contributed by atoms with E-state index in [0.717, 1.165) is 32.0 Å². The molecule has 1 unspecified atom stereocenters. The predicted octanol–water partition coefficient (Wildman–Crippen LogP) is 2.56. The molecule has 1 aromatic carbocycles. The molecule has 0 amide bonds. The monoisotopic (exact) mass is 284 g/mol. The third kappa shape index (κ3) is 5.39. The highest BCUT2D eigenvalue weighted by molar-refractivity contribution is 5.85. The molecule has 1 aliphatic heterocycles. The van der Waals surface area contributed by atoms with Gasteiger partial charge in [0.1, 0.15) is 12.4 Å². The van der Waals surface area contributed by atoms with Crippen molar-refractivity contribution in [1.29, 1.82) is 0 Å². The molecule has 1 aromatic rings. The van der Waals surface area contributed by atoms with E-state index in [0.29, 0.717) is 6.04 Å². The van der Waals surface area contributed by atoms with Gasteiger partial charge in [0.05, 0.1) is 0 Å². The van der Waals surface area contributed by atoms with Gasteiger partial charge in [0.2, 0.25) is 0 Å². The van der Waals surface area contributed by atoms with Crippen LogP contribution in [0.2, 0.25) is 0 Å². The van der Waals surface area contributed by atoms with Gasteiger partial charge in [-0.1, -0.05) is 25.1 Å². The minimum absolute atomic E-state index is 0. The van der Waals surface area contributed by atoms with Crippen LogP contribution in [0, 0.1) is 0 Å². The standard InChI is InChI=1S/C15H24N2O.ClH/c1-2-10-17(14-8-9-16-13-14)11-12-18-15-6-4-3-5-7-15;/h3-7,14,16H,2,8-13H2,1H3;1H. The predicted molar refractivity (Wildman–Crippen MR) is 82.3 cm³/mol. The molecule has 4 heteroatoms. The van der Waals surface area contributed by atoms with Crippen LogP contribution in [0.25, 0.3) is 0 Å². The lowest BCUT2D eigenvalue weighted by Gasteiger charge is -2.27. The number of ether oxygens (including phenoxy) is 1. The van der Waals surface area contributed by atoms with Gasteiger partial charge < -0.3 is 10.1 Å². The number of hydrogen-bond donors (Lipinski definition) is 1. The van der Waals surface area contributed by atoms with E-state index in [1.165, 1.54) is 19.4 Å². The van der Waals surface area contributed by atoms with Gasteiger partial charge in [0.15, 0.2) is 0 Å². The third-order valence-electron chi connectivity index (χ3n) is 3.45. The lowest BCUT2D eigenvalue weighted by molar-refractivity contribution is 0.167. The van der Waals surface area contributed by atoms with Crippen LogP contribution in [0.4, 0.5) is 0 Å². The van der Waals surface area contributed by atoms with Gasteiger partial charge in [-0.3, -0.25) is 4.90 Å². The average molecular weight is 285 g/mol. The van der Waals surface area contributed by atoms with Crippen LogP contribution in [0.1, 0.15) is 19.8 Å². The maximum atomic E-state index is 5.78. The molecule has 2 rings (SSSR count). The van der Waals surface area contributed by atoms with Crippen molar-refractivity contribution in [3.8, 4) is 5.75 Å². The molecular formula is C15H25ClN2O. The van der Waals surface area contributed by atoms with Crippen LogP contribution in [-0.4, -0.2) is 43.7 Å². The quantitative estimate of drug-likeness (QED) is 0.833. The Morgan fingerprint density at radius 3 is 2.68 bits per heavy atom. The molecule has 0 saturated carbocycles. The van der Waals surface area contributed by atoms with Gasteiger partial charge in [-0.25, -0.2) is 0 Å². The first-order valence-corrected chi connectivity index (χ1v) is 7.02. The van der Waals surface area contributed by atoms with E-state index in [1.54, 1.807) is 0 Å². The van der Waals surface area contributed by atoms with Crippen molar-refractivity contribution in [2.24, 2.45) is 0 Å². The van der Waals surface area contributed by atoms with Crippen LogP contribution >= 0.6 is 12.4 Å². The van der Waals surface area contributed by atoms with Crippen molar-refractivity contribution in [2.75, 3.05) is 32.8 Å². The fraction of sp³-hybridized carbons (Fsp3) is 0.600. The summed E-state index contributed by atoms with van der Waals surface area (Å²) >= 11 is 0. The molecule has 0 bridgehead atoms. The zero-order valence-electron chi connectivity index (χ0n) is 11.7. The molecule has 0 radical (unpaired) electrons. The van der Waals surface area contributed by atoms with Crippen molar-refractivity contribution >= 4 is 12.4 Å². The molecule has 108 valence electrons. The minimum Gasteiger partial charge on any atom is -0.492 e. The number of nitrogens with one attached hydrogen (secondary N) is 1. The summed E-state index contributed by atoms with van der Waals surface area (Å²) in [5.74, 6) is 0.971. The molecule has 1 fully saturated rings. The van der Waals surface area contributed by atoms with E-state index in [-0.39, 0.29) is 12.4 Å².